The molecule has 0 spiro atoms. The van der Waals surface area contributed by atoms with Crippen LogP contribution in [0, 0.1) is 35.8 Å². The summed E-state index contributed by atoms with van der Waals surface area (Å²) in [4.78, 5) is 71.3. The van der Waals surface area contributed by atoms with Gasteiger partial charge < -0.3 is 28.9 Å². The summed E-state index contributed by atoms with van der Waals surface area (Å²) in [6, 6.07) is 8.46. The number of carbonyl (C=O) groups is 3. The third kappa shape index (κ3) is 9.09. The number of carbonyl (C=O) groups excluding carboxylic acids is 3. The molecule has 1 unspecified atom stereocenters. The lowest BCUT2D eigenvalue weighted by Gasteiger charge is -2.37. The first-order valence-corrected chi connectivity index (χ1v) is 28.0. The third-order valence-corrected chi connectivity index (χ3v) is 18.1. The van der Waals surface area contributed by atoms with Gasteiger partial charge in [0.2, 0.25) is 17.8 Å². The van der Waals surface area contributed by atoms with Crippen molar-refractivity contribution in [2.24, 2.45) is 18.9 Å². The standard InChI is InChI=1S/C58H64F2N12O6/c1-3-39-43(59)12-9-36-7-4-8-40(46(36)39)50-48(60)51-47-44(62-50)13-10-37-31-76-28-6-22-71(37)53(47)66-56(64-51)78-33-58-20-5-23-72(58)38(15-21-58)32-77-57(75)70-26-18-35(19-27-70)29-34-16-24-69(25-17-34)55-61-30-42-49(67-68(2)52(42)65-55)41-11-14-45(73)63-54(41)74/h1,4,7-9,12,30,34-35,37-38,41H,5-6,10-11,13-29,31-33H2,2H3,(H,63,73,74)/t37-,38-,41?,58-/m0/s1. The van der Waals surface area contributed by atoms with Crippen molar-refractivity contribution in [3.8, 4) is 29.6 Å². The molecule has 6 fully saturated rings. The number of aromatic nitrogens is 7. The zero-order valence-electron chi connectivity index (χ0n) is 44.0. The average Bonchev–Trinajstić information content (AvgIpc) is 4.13. The van der Waals surface area contributed by atoms with Gasteiger partial charge in [0, 0.05) is 76.0 Å². The molecule has 78 heavy (non-hydrogen) atoms. The topological polar surface area (TPSA) is 186 Å². The van der Waals surface area contributed by atoms with Gasteiger partial charge in [-0.3, -0.25) is 19.8 Å². The number of imide groups is 1. The van der Waals surface area contributed by atoms with E-state index in [1.54, 1.807) is 29.1 Å². The van der Waals surface area contributed by atoms with Crippen LogP contribution < -0.4 is 19.9 Å². The number of nitrogens with one attached hydrogen (secondary N) is 1. The summed E-state index contributed by atoms with van der Waals surface area (Å²) in [6.45, 7) is 6.32. The van der Waals surface area contributed by atoms with E-state index in [9.17, 15) is 14.4 Å². The summed E-state index contributed by atoms with van der Waals surface area (Å²) >= 11 is 0. The Labute approximate surface area is 450 Å². The van der Waals surface area contributed by atoms with Gasteiger partial charge >= 0.3 is 12.1 Å². The number of rotatable bonds is 10. The minimum absolute atomic E-state index is 0.00623. The number of fused-ring (bicyclic) bond motifs is 5. The van der Waals surface area contributed by atoms with Crippen LogP contribution in [0.15, 0.2) is 36.5 Å². The maximum atomic E-state index is 17.4. The van der Waals surface area contributed by atoms with E-state index in [1.807, 2.05) is 18.0 Å². The fourth-order valence-electron chi connectivity index (χ4n) is 14.0. The second kappa shape index (κ2) is 20.6. The predicted octanol–water partition coefficient (Wildman–Crippen LogP) is 7.37. The number of ether oxygens (including phenoxy) is 3. The number of anilines is 2. The van der Waals surface area contributed by atoms with E-state index in [2.05, 4.69) is 31.0 Å². The van der Waals surface area contributed by atoms with Gasteiger partial charge in [-0.05, 0) is 113 Å². The zero-order valence-corrected chi connectivity index (χ0v) is 44.0. The summed E-state index contributed by atoms with van der Waals surface area (Å²) in [7, 11) is 1.82. The van der Waals surface area contributed by atoms with E-state index in [0.717, 1.165) is 89.2 Å². The van der Waals surface area contributed by atoms with Crippen molar-refractivity contribution < 1.29 is 37.4 Å². The maximum Gasteiger partial charge on any atom is 0.409 e. The van der Waals surface area contributed by atoms with Crippen molar-refractivity contribution in [2.75, 3.05) is 75.5 Å². The van der Waals surface area contributed by atoms with Gasteiger partial charge in [-0.1, -0.05) is 30.2 Å². The molecular weight excluding hydrogens is 999 g/mol. The highest BCUT2D eigenvalue weighted by molar-refractivity contribution is 6.04. The lowest BCUT2D eigenvalue weighted by molar-refractivity contribution is -0.134. The van der Waals surface area contributed by atoms with Gasteiger partial charge in [0.05, 0.1) is 51.8 Å². The minimum atomic E-state index is -0.644. The van der Waals surface area contributed by atoms with Crippen molar-refractivity contribution in [1.29, 1.82) is 0 Å². The van der Waals surface area contributed by atoms with Crippen LogP contribution >= 0.6 is 0 Å². The monoisotopic (exact) mass is 1060 g/mol. The van der Waals surface area contributed by atoms with Crippen LogP contribution in [-0.4, -0.2) is 146 Å². The van der Waals surface area contributed by atoms with Crippen LogP contribution in [0.5, 0.6) is 6.01 Å². The summed E-state index contributed by atoms with van der Waals surface area (Å²) in [5.74, 6) is 2.59. The largest absolute Gasteiger partial charge is 0.461 e. The number of likely N-dealkylation sites (tertiary alicyclic amines) is 1. The summed E-state index contributed by atoms with van der Waals surface area (Å²) in [6.07, 6.45) is 18.8. The molecule has 0 radical (unpaired) electrons. The van der Waals surface area contributed by atoms with Crippen molar-refractivity contribution in [2.45, 2.75) is 113 Å². The Kier molecular flexibility index (Phi) is 13.3. The minimum Gasteiger partial charge on any atom is -0.461 e. The molecule has 18 nitrogen and oxygen atoms in total. The van der Waals surface area contributed by atoms with Gasteiger partial charge in [-0.2, -0.15) is 20.1 Å². The summed E-state index contributed by atoms with van der Waals surface area (Å²) < 4.78 is 53.1. The first-order valence-electron chi connectivity index (χ1n) is 28.0. The lowest BCUT2D eigenvalue weighted by Crippen LogP contribution is -2.48. The van der Waals surface area contributed by atoms with Gasteiger partial charge in [0.15, 0.2) is 11.5 Å². The normalized spacial score (nSPS) is 24.3. The van der Waals surface area contributed by atoms with Gasteiger partial charge in [-0.25, -0.2) is 28.2 Å². The molecule has 6 aromatic rings. The number of benzene rings is 2. The Morgan fingerprint density at radius 2 is 1.74 bits per heavy atom. The molecular formula is C58H64F2N12O6. The van der Waals surface area contributed by atoms with E-state index in [1.165, 1.54) is 6.07 Å². The molecule has 0 bridgehead atoms. The van der Waals surface area contributed by atoms with Crippen molar-refractivity contribution in [3.63, 3.8) is 0 Å². The smallest absolute Gasteiger partial charge is 0.409 e. The van der Waals surface area contributed by atoms with Crippen molar-refractivity contribution in [3.05, 3.63) is 65.1 Å². The van der Waals surface area contributed by atoms with E-state index in [-0.39, 0.29) is 64.7 Å². The Balaban J connectivity index is 0.634. The average molecular weight is 1060 g/mol. The first-order chi connectivity index (χ1) is 38.0. The number of terminal acetylenes is 1. The molecule has 4 aromatic heterocycles. The zero-order chi connectivity index (χ0) is 53.2. The number of amides is 3. The summed E-state index contributed by atoms with van der Waals surface area (Å²) in [5.41, 5.74) is 2.25. The molecule has 1 N–H and O–H groups in total. The Morgan fingerprint density at radius 3 is 2.56 bits per heavy atom. The summed E-state index contributed by atoms with van der Waals surface area (Å²) in [5, 5.41) is 9.46. The van der Waals surface area contributed by atoms with E-state index in [4.69, 9.17) is 45.6 Å². The van der Waals surface area contributed by atoms with Crippen LogP contribution in [0.25, 0.3) is 44.0 Å². The number of piperidine rings is 3. The Morgan fingerprint density at radius 1 is 0.910 bits per heavy atom. The quantitative estimate of drug-likeness (QED) is 0.106. The number of halogens is 2. The van der Waals surface area contributed by atoms with Gasteiger partial charge in [0.25, 0.3) is 0 Å². The lowest BCUT2D eigenvalue weighted by atomic mass is 9.83. The second-order valence-electron chi connectivity index (χ2n) is 22.7. The highest BCUT2D eigenvalue weighted by Crippen LogP contribution is 2.45. The number of nitrogens with zero attached hydrogens (tertiary/aromatic N) is 11. The van der Waals surface area contributed by atoms with Crippen molar-refractivity contribution in [1.82, 2.24) is 49.8 Å². The first kappa shape index (κ1) is 50.4. The molecule has 2 aromatic carbocycles. The number of hydrogen-bond acceptors (Lipinski definition) is 15. The van der Waals surface area contributed by atoms with Crippen LogP contribution in [0.3, 0.4) is 0 Å². The molecule has 406 valence electrons. The van der Waals surface area contributed by atoms with E-state index >= 15 is 8.78 Å². The molecule has 13 rings (SSSR count). The molecule has 11 heterocycles. The molecule has 3 amide bonds. The van der Waals surface area contributed by atoms with Crippen LogP contribution in [0.1, 0.15) is 106 Å². The molecule has 0 aliphatic carbocycles. The highest BCUT2D eigenvalue weighted by atomic mass is 19.1. The second-order valence-corrected chi connectivity index (χ2v) is 22.7. The van der Waals surface area contributed by atoms with E-state index < -0.39 is 17.6 Å². The molecule has 4 atom stereocenters. The number of pyridine rings is 1. The molecule has 20 heteroatoms. The molecule has 7 aliphatic heterocycles. The molecule has 7 aliphatic rings. The van der Waals surface area contributed by atoms with Crippen LogP contribution in [0.4, 0.5) is 25.3 Å². The number of hydrogen-bond donors (Lipinski definition) is 1. The fraction of sp³-hybridized carbons (Fsp3) is 0.534. The van der Waals surface area contributed by atoms with E-state index in [0.29, 0.717) is 128 Å². The highest BCUT2D eigenvalue weighted by Gasteiger charge is 2.50. The predicted molar refractivity (Wildman–Crippen MR) is 287 cm³/mol. The number of aryl methyl sites for hydroxylation is 2. The Bertz CT molecular complexity index is 3410. The van der Waals surface area contributed by atoms with Gasteiger partial charge in [-0.15, -0.1) is 6.42 Å². The van der Waals surface area contributed by atoms with Crippen LogP contribution in [0.2, 0.25) is 0 Å². The van der Waals surface area contributed by atoms with Crippen LogP contribution in [-0.2, 0) is 32.5 Å². The molecule has 0 saturated carbocycles. The Hall–Kier alpha value is -7.11. The third-order valence-electron chi connectivity index (χ3n) is 18.1. The molecule has 6 saturated heterocycles. The maximum absolute atomic E-state index is 17.4. The fourth-order valence-corrected chi connectivity index (χ4v) is 14.0. The van der Waals surface area contributed by atoms with Crippen molar-refractivity contribution >= 4 is 62.4 Å². The van der Waals surface area contributed by atoms with Gasteiger partial charge in [0.1, 0.15) is 36.1 Å². The SMILES string of the molecule is C#Cc1c(F)ccc2cccc(-c3nc4c5c(nc(OC[C@@]67CCCN6[C@H](COC(=O)N6CCC(CC8CCN(c9ncc%10c(C%11CCC(=O)NC%11=O)nn(C)c%10n9)CC8)CC6)CC7)nc5c3F)N3CCCOC[C@@H]3CC4)c12.